The van der Waals surface area contributed by atoms with Gasteiger partial charge in [0, 0.05) is 0 Å². The zero-order chi connectivity index (χ0) is 10.8. The molecule has 0 aliphatic heterocycles. The fourth-order valence-corrected chi connectivity index (χ4v) is 1.44. The molecule has 1 aromatic rings. The number of benzene rings is 1. The third-order valence-corrected chi connectivity index (χ3v) is 2.46. The Morgan fingerprint density at radius 3 is 2.71 bits per heavy atom. The maximum absolute atomic E-state index is 12.8. The van der Waals surface area contributed by atoms with Crippen LogP contribution in [-0.2, 0) is 5.60 Å². The molecule has 1 rings (SSSR count). The van der Waals surface area contributed by atoms with Crippen molar-refractivity contribution in [3.05, 3.63) is 34.6 Å². The third-order valence-electron chi connectivity index (χ3n) is 2.17. The van der Waals surface area contributed by atoms with Crippen LogP contribution in [0.5, 0.6) is 0 Å². The fraction of sp³-hybridized carbons (Fsp3) is 0.400. The van der Waals surface area contributed by atoms with Gasteiger partial charge in [0.1, 0.15) is 5.82 Å². The average molecular weight is 218 g/mol. The van der Waals surface area contributed by atoms with E-state index >= 15 is 0 Å². The van der Waals surface area contributed by atoms with Gasteiger partial charge in [-0.3, -0.25) is 0 Å². The van der Waals surface area contributed by atoms with E-state index in [0.717, 1.165) is 0 Å². The molecule has 0 amide bonds. The minimum atomic E-state index is -1.05. The van der Waals surface area contributed by atoms with Crippen LogP contribution in [0.3, 0.4) is 0 Å². The van der Waals surface area contributed by atoms with Crippen molar-refractivity contribution in [1.82, 2.24) is 0 Å². The summed E-state index contributed by atoms with van der Waals surface area (Å²) in [6.45, 7) is 1.99. The Morgan fingerprint density at radius 2 is 2.21 bits per heavy atom. The molecule has 0 radical (unpaired) electrons. The molecule has 1 atom stereocenters. The molecular weight excluding hydrogens is 205 g/mol. The van der Waals surface area contributed by atoms with Gasteiger partial charge in [0.05, 0.1) is 10.6 Å². The van der Waals surface area contributed by atoms with Gasteiger partial charge >= 0.3 is 0 Å². The zero-order valence-electron chi connectivity index (χ0n) is 7.93. The number of nitrogens with two attached hydrogens (primary N) is 1. The van der Waals surface area contributed by atoms with E-state index in [1.165, 1.54) is 18.2 Å². The van der Waals surface area contributed by atoms with Crippen LogP contribution in [-0.4, -0.2) is 11.7 Å². The maximum atomic E-state index is 12.8. The van der Waals surface area contributed by atoms with Crippen molar-refractivity contribution in [2.45, 2.75) is 18.9 Å². The van der Waals surface area contributed by atoms with Crippen LogP contribution in [0.2, 0.25) is 5.02 Å². The van der Waals surface area contributed by atoms with Gasteiger partial charge in [-0.2, -0.15) is 0 Å². The van der Waals surface area contributed by atoms with E-state index in [1.54, 1.807) is 6.92 Å². The predicted molar refractivity (Wildman–Crippen MR) is 54.7 cm³/mol. The number of aliphatic hydroxyl groups is 1. The van der Waals surface area contributed by atoms with Crippen molar-refractivity contribution in [3.8, 4) is 0 Å². The number of hydrogen-bond donors (Lipinski definition) is 2. The summed E-state index contributed by atoms with van der Waals surface area (Å²) >= 11 is 5.60. The molecule has 2 nitrogen and oxygen atoms in total. The maximum Gasteiger partial charge on any atom is 0.141 e. The lowest BCUT2D eigenvalue weighted by Gasteiger charge is -2.23. The van der Waals surface area contributed by atoms with Crippen molar-refractivity contribution < 1.29 is 9.50 Å². The summed E-state index contributed by atoms with van der Waals surface area (Å²) in [7, 11) is 0. The molecule has 1 unspecified atom stereocenters. The Balaban J connectivity index is 3.01. The first-order chi connectivity index (χ1) is 6.47. The normalized spacial score (nSPS) is 15.2. The smallest absolute Gasteiger partial charge is 0.141 e. The quantitative estimate of drug-likeness (QED) is 0.814. The SMILES string of the molecule is CC(O)(CCN)c1ccc(F)c(Cl)c1. The molecule has 0 aliphatic carbocycles. The lowest BCUT2D eigenvalue weighted by molar-refractivity contribution is 0.0504. The highest BCUT2D eigenvalue weighted by atomic mass is 35.5. The first-order valence-electron chi connectivity index (χ1n) is 4.35. The monoisotopic (exact) mass is 217 g/mol. The van der Waals surface area contributed by atoms with E-state index in [2.05, 4.69) is 0 Å². The van der Waals surface area contributed by atoms with Crippen LogP contribution in [0.1, 0.15) is 18.9 Å². The molecule has 0 aliphatic rings. The van der Waals surface area contributed by atoms with Crippen LogP contribution < -0.4 is 5.73 Å². The molecular formula is C10H13ClFNO. The van der Waals surface area contributed by atoms with Crippen LogP contribution in [0.15, 0.2) is 18.2 Å². The van der Waals surface area contributed by atoms with E-state index in [9.17, 15) is 9.50 Å². The highest BCUT2D eigenvalue weighted by Crippen LogP contribution is 2.27. The summed E-state index contributed by atoms with van der Waals surface area (Å²) in [6.07, 6.45) is 0.412. The summed E-state index contributed by atoms with van der Waals surface area (Å²) in [6, 6.07) is 4.17. The van der Waals surface area contributed by atoms with Crippen LogP contribution in [0.4, 0.5) is 4.39 Å². The minimum Gasteiger partial charge on any atom is -0.385 e. The van der Waals surface area contributed by atoms with E-state index in [4.69, 9.17) is 17.3 Å². The molecule has 3 N–H and O–H groups in total. The van der Waals surface area contributed by atoms with Gasteiger partial charge in [-0.25, -0.2) is 4.39 Å². The minimum absolute atomic E-state index is 0.0137. The second-order valence-electron chi connectivity index (χ2n) is 3.44. The first kappa shape index (κ1) is 11.4. The average Bonchev–Trinajstić information content (AvgIpc) is 2.09. The van der Waals surface area contributed by atoms with Gasteiger partial charge in [-0.05, 0) is 37.6 Å². The van der Waals surface area contributed by atoms with E-state index in [0.29, 0.717) is 18.5 Å². The van der Waals surface area contributed by atoms with Crippen molar-refractivity contribution in [1.29, 1.82) is 0 Å². The van der Waals surface area contributed by atoms with Crippen molar-refractivity contribution >= 4 is 11.6 Å². The van der Waals surface area contributed by atoms with Gasteiger partial charge < -0.3 is 10.8 Å². The molecule has 4 heteroatoms. The molecule has 14 heavy (non-hydrogen) atoms. The second kappa shape index (κ2) is 4.26. The highest BCUT2D eigenvalue weighted by molar-refractivity contribution is 6.30. The Bertz CT molecular complexity index is 328. The van der Waals surface area contributed by atoms with Crippen molar-refractivity contribution in [3.63, 3.8) is 0 Å². The molecule has 1 aromatic carbocycles. The van der Waals surface area contributed by atoms with E-state index < -0.39 is 11.4 Å². The molecule has 0 spiro atoms. The number of halogens is 2. The molecule has 78 valence electrons. The molecule has 0 saturated heterocycles. The number of hydrogen-bond acceptors (Lipinski definition) is 2. The molecule has 0 aromatic heterocycles. The van der Waals surface area contributed by atoms with Crippen LogP contribution in [0.25, 0.3) is 0 Å². The Kier molecular flexibility index (Phi) is 3.48. The molecule has 0 heterocycles. The van der Waals surface area contributed by atoms with Gasteiger partial charge in [-0.15, -0.1) is 0 Å². The highest BCUT2D eigenvalue weighted by Gasteiger charge is 2.22. The lowest BCUT2D eigenvalue weighted by atomic mass is 9.93. The van der Waals surface area contributed by atoms with Crippen LogP contribution in [0, 0.1) is 5.82 Å². The predicted octanol–water partition coefficient (Wildman–Crippen LogP) is 2.04. The largest absolute Gasteiger partial charge is 0.385 e. The topological polar surface area (TPSA) is 46.2 Å². The van der Waals surface area contributed by atoms with Gasteiger partial charge in [-0.1, -0.05) is 17.7 Å². The first-order valence-corrected chi connectivity index (χ1v) is 4.73. The van der Waals surface area contributed by atoms with Crippen molar-refractivity contribution in [2.75, 3.05) is 6.54 Å². The summed E-state index contributed by atoms with van der Waals surface area (Å²) < 4.78 is 12.8. The number of rotatable bonds is 3. The standard InChI is InChI=1S/C10H13ClFNO/c1-10(14,4-5-13)7-2-3-9(12)8(11)6-7/h2-3,6,14H,4-5,13H2,1H3. The van der Waals surface area contributed by atoms with Gasteiger partial charge in [0.15, 0.2) is 0 Å². The summed E-state index contributed by atoms with van der Waals surface area (Å²) in [5, 5.41) is 9.95. The molecule has 0 bridgehead atoms. The summed E-state index contributed by atoms with van der Waals surface area (Å²) in [5.74, 6) is -0.487. The Hall–Kier alpha value is -0.640. The fourth-order valence-electron chi connectivity index (χ4n) is 1.26. The zero-order valence-corrected chi connectivity index (χ0v) is 8.68. The third kappa shape index (κ3) is 2.44. The van der Waals surface area contributed by atoms with Crippen LogP contribution >= 0.6 is 11.6 Å². The lowest BCUT2D eigenvalue weighted by Crippen LogP contribution is -2.24. The Morgan fingerprint density at radius 1 is 1.57 bits per heavy atom. The molecule has 0 saturated carbocycles. The van der Waals surface area contributed by atoms with E-state index in [-0.39, 0.29) is 5.02 Å². The second-order valence-corrected chi connectivity index (χ2v) is 3.85. The van der Waals surface area contributed by atoms with E-state index in [1.807, 2.05) is 0 Å². The summed E-state index contributed by atoms with van der Waals surface area (Å²) in [5.41, 5.74) is 4.88. The Labute approximate surface area is 87.5 Å². The molecule has 0 fully saturated rings. The van der Waals surface area contributed by atoms with Gasteiger partial charge in [0.25, 0.3) is 0 Å². The summed E-state index contributed by atoms with van der Waals surface area (Å²) in [4.78, 5) is 0. The van der Waals surface area contributed by atoms with Crippen molar-refractivity contribution in [2.24, 2.45) is 5.73 Å². The van der Waals surface area contributed by atoms with Gasteiger partial charge in [0.2, 0.25) is 0 Å².